The van der Waals surface area contributed by atoms with E-state index in [1.165, 1.54) is 12.3 Å². The zero-order chi connectivity index (χ0) is 22.3. The van der Waals surface area contributed by atoms with E-state index in [2.05, 4.69) is 10.5 Å². The zero-order valence-electron chi connectivity index (χ0n) is 16.4. The Morgan fingerprint density at radius 3 is 2.52 bits per heavy atom. The monoisotopic (exact) mass is 435 g/mol. The Labute approximate surface area is 176 Å². The van der Waals surface area contributed by atoms with Crippen molar-refractivity contribution < 1.29 is 32.2 Å². The molecule has 0 aliphatic carbocycles. The van der Waals surface area contributed by atoms with E-state index < -0.39 is 17.6 Å². The summed E-state index contributed by atoms with van der Waals surface area (Å²) in [6.07, 6.45) is -3.19. The number of hydrogen-bond acceptors (Lipinski definition) is 5. The van der Waals surface area contributed by atoms with E-state index in [0.29, 0.717) is 37.6 Å². The highest BCUT2D eigenvalue weighted by Crippen LogP contribution is 2.29. The molecule has 7 nitrogen and oxygen atoms in total. The molecule has 2 aromatic rings. The maximum atomic E-state index is 12.7. The zero-order valence-corrected chi connectivity index (χ0v) is 16.4. The van der Waals surface area contributed by atoms with Crippen LogP contribution in [0.3, 0.4) is 0 Å². The number of nitrogens with one attached hydrogen (secondary N) is 1. The third kappa shape index (κ3) is 6.54. The van der Waals surface area contributed by atoms with Gasteiger partial charge in [0.05, 0.1) is 25.0 Å². The minimum Gasteiger partial charge on any atom is -0.484 e. The Balaban J connectivity index is 1.49. The number of hydrogen-bond donors (Lipinski definition) is 1. The van der Waals surface area contributed by atoms with Gasteiger partial charge < -0.3 is 14.4 Å². The molecule has 0 bridgehead atoms. The first-order valence-corrected chi connectivity index (χ1v) is 9.42. The van der Waals surface area contributed by atoms with Crippen molar-refractivity contribution in [2.24, 2.45) is 5.10 Å². The number of halogens is 3. The van der Waals surface area contributed by atoms with Crippen LogP contribution < -0.4 is 10.2 Å². The second kappa shape index (κ2) is 10.1. The van der Waals surface area contributed by atoms with Crippen molar-refractivity contribution in [1.29, 1.82) is 0 Å². The van der Waals surface area contributed by atoms with Gasteiger partial charge in [-0.25, -0.2) is 5.43 Å². The smallest absolute Gasteiger partial charge is 0.416 e. The second-order valence-electron chi connectivity index (χ2n) is 6.63. The summed E-state index contributed by atoms with van der Waals surface area (Å²) in [4.78, 5) is 25.7. The van der Waals surface area contributed by atoms with E-state index in [1.54, 1.807) is 29.2 Å². The highest BCUT2D eigenvalue weighted by molar-refractivity contribution is 5.95. The first kappa shape index (κ1) is 22.3. The molecule has 0 atom stereocenters. The van der Waals surface area contributed by atoms with Crippen LogP contribution in [0.25, 0.3) is 0 Å². The van der Waals surface area contributed by atoms with E-state index in [-0.39, 0.29) is 18.1 Å². The van der Waals surface area contributed by atoms with Gasteiger partial charge >= 0.3 is 6.18 Å². The van der Waals surface area contributed by atoms with Crippen molar-refractivity contribution in [3.8, 4) is 5.75 Å². The van der Waals surface area contributed by atoms with Crippen LogP contribution in [-0.4, -0.2) is 55.8 Å². The number of amides is 2. The third-order valence-electron chi connectivity index (χ3n) is 4.44. The average molecular weight is 435 g/mol. The predicted octanol–water partition coefficient (Wildman–Crippen LogP) is 2.71. The minimum absolute atomic E-state index is 0.0829. The number of alkyl halides is 3. The normalized spacial score (nSPS) is 14.5. The van der Waals surface area contributed by atoms with Gasteiger partial charge in [0.1, 0.15) is 5.75 Å². The predicted molar refractivity (Wildman–Crippen MR) is 106 cm³/mol. The fourth-order valence-corrected chi connectivity index (χ4v) is 2.77. The molecular weight excluding hydrogens is 415 g/mol. The number of nitrogens with zero attached hydrogens (tertiary/aromatic N) is 2. The Bertz CT molecular complexity index is 940. The van der Waals surface area contributed by atoms with E-state index in [9.17, 15) is 22.8 Å². The first-order chi connectivity index (χ1) is 14.8. The highest BCUT2D eigenvalue weighted by Gasteiger charge is 2.30. The molecule has 3 rings (SSSR count). The van der Waals surface area contributed by atoms with E-state index in [4.69, 9.17) is 9.47 Å². The molecule has 0 saturated carbocycles. The van der Waals surface area contributed by atoms with E-state index in [0.717, 1.165) is 18.2 Å². The SMILES string of the molecule is O=C(N/N=C\c1ccc(OCC(=O)N2CCOCC2)cc1)c1cccc(C(F)(F)F)c1. The minimum atomic E-state index is -4.53. The molecule has 1 aliphatic heterocycles. The molecule has 0 radical (unpaired) electrons. The van der Waals surface area contributed by atoms with Crippen LogP contribution in [-0.2, 0) is 15.7 Å². The number of ether oxygens (including phenoxy) is 2. The first-order valence-electron chi connectivity index (χ1n) is 9.42. The average Bonchev–Trinajstić information content (AvgIpc) is 2.78. The standard InChI is InChI=1S/C21H20F3N3O4/c22-21(23,24)17-3-1-2-16(12-17)20(29)26-25-13-15-4-6-18(7-5-15)31-14-19(28)27-8-10-30-11-9-27/h1-7,12-13H,8-11,14H2,(H,26,29)/b25-13-. The lowest BCUT2D eigenvalue weighted by molar-refractivity contribution is -0.138. The van der Waals surface area contributed by atoms with Gasteiger partial charge in [0.25, 0.3) is 11.8 Å². The maximum Gasteiger partial charge on any atom is 0.416 e. The number of carbonyl (C=O) groups is 2. The molecule has 1 aliphatic rings. The molecule has 1 N–H and O–H groups in total. The van der Waals surface area contributed by atoms with Crippen LogP contribution in [0, 0.1) is 0 Å². The van der Waals surface area contributed by atoms with Crippen molar-refractivity contribution in [1.82, 2.24) is 10.3 Å². The van der Waals surface area contributed by atoms with Crippen molar-refractivity contribution in [2.75, 3.05) is 32.9 Å². The summed E-state index contributed by atoms with van der Waals surface area (Å²) in [5, 5.41) is 3.76. The number of rotatable bonds is 6. The summed E-state index contributed by atoms with van der Waals surface area (Å²) in [5.74, 6) is -0.387. The summed E-state index contributed by atoms with van der Waals surface area (Å²) in [7, 11) is 0. The van der Waals surface area contributed by atoms with Crippen LogP contribution in [0.1, 0.15) is 21.5 Å². The van der Waals surface area contributed by atoms with Crippen molar-refractivity contribution in [3.63, 3.8) is 0 Å². The van der Waals surface area contributed by atoms with Crippen LogP contribution >= 0.6 is 0 Å². The molecule has 0 spiro atoms. The molecule has 1 heterocycles. The number of benzene rings is 2. The Kier molecular flexibility index (Phi) is 7.24. The number of hydrazone groups is 1. The van der Waals surface area contributed by atoms with Crippen molar-refractivity contribution in [2.45, 2.75) is 6.18 Å². The highest BCUT2D eigenvalue weighted by atomic mass is 19.4. The van der Waals surface area contributed by atoms with Gasteiger partial charge in [-0.1, -0.05) is 6.07 Å². The summed E-state index contributed by atoms with van der Waals surface area (Å²) in [6, 6.07) is 10.7. The fraction of sp³-hybridized carbons (Fsp3) is 0.286. The van der Waals surface area contributed by atoms with E-state index in [1.807, 2.05) is 0 Å². The lowest BCUT2D eigenvalue weighted by Gasteiger charge is -2.26. The molecule has 1 fully saturated rings. The van der Waals surface area contributed by atoms with Gasteiger partial charge in [0.2, 0.25) is 0 Å². The lowest BCUT2D eigenvalue weighted by Crippen LogP contribution is -2.42. The van der Waals surface area contributed by atoms with Crippen LogP contribution in [0.5, 0.6) is 5.75 Å². The molecule has 1 saturated heterocycles. The van der Waals surface area contributed by atoms with Crippen LogP contribution in [0.15, 0.2) is 53.6 Å². The quantitative estimate of drug-likeness (QED) is 0.559. The molecule has 31 heavy (non-hydrogen) atoms. The molecule has 2 aromatic carbocycles. The molecule has 10 heteroatoms. The van der Waals surface area contributed by atoms with Crippen molar-refractivity contribution in [3.05, 3.63) is 65.2 Å². The topological polar surface area (TPSA) is 80.2 Å². The maximum absolute atomic E-state index is 12.7. The van der Waals surface area contributed by atoms with Gasteiger partial charge in [-0.3, -0.25) is 9.59 Å². The van der Waals surface area contributed by atoms with E-state index >= 15 is 0 Å². The third-order valence-corrected chi connectivity index (χ3v) is 4.44. The van der Waals surface area contributed by atoms with Gasteiger partial charge in [-0.15, -0.1) is 0 Å². The van der Waals surface area contributed by atoms with Gasteiger partial charge in [-0.05, 0) is 48.0 Å². The summed E-state index contributed by atoms with van der Waals surface area (Å²) >= 11 is 0. The molecule has 0 aromatic heterocycles. The van der Waals surface area contributed by atoms with Crippen LogP contribution in [0.4, 0.5) is 13.2 Å². The molecule has 2 amide bonds. The summed E-state index contributed by atoms with van der Waals surface area (Å²) in [6.45, 7) is 2.04. The molecular formula is C21H20F3N3O4. The Morgan fingerprint density at radius 2 is 1.84 bits per heavy atom. The Hall–Kier alpha value is -3.40. The molecule has 0 unspecified atom stereocenters. The number of carbonyl (C=O) groups excluding carboxylic acids is 2. The Morgan fingerprint density at radius 1 is 1.13 bits per heavy atom. The summed E-state index contributed by atoms with van der Waals surface area (Å²) < 4.78 is 48.9. The molecule has 164 valence electrons. The largest absolute Gasteiger partial charge is 0.484 e. The number of morpholine rings is 1. The fourth-order valence-electron chi connectivity index (χ4n) is 2.77. The van der Waals surface area contributed by atoms with Crippen LogP contribution in [0.2, 0.25) is 0 Å². The van der Waals surface area contributed by atoms with Gasteiger partial charge in [0.15, 0.2) is 6.61 Å². The van der Waals surface area contributed by atoms with Crippen molar-refractivity contribution >= 4 is 18.0 Å². The van der Waals surface area contributed by atoms with Gasteiger partial charge in [0, 0.05) is 18.7 Å². The summed E-state index contributed by atoms with van der Waals surface area (Å²) in [5.41, 5.74) is 1.75. The lowest BCUT2D eigenvalue weighted by atomic mass is 10.1. The van der Waals surface area contributed by atoms with Gasteiger partial charge in [-0.2, -0.15) is 18.3 Å². The second-order valence-corrected chi connectivity index (χ2v) is 6.63.